The zero-order chi connectivity index (χ0) is 20.8. The SMILES string of the molecule is Cc1ccc(S(=O)(=O)c2cnn3c(N)c(S(=O)(=O)c4ccccc4)cnc23)cc1. The van der Waals surface area contributed by atoms with Crippen LogP contribution >= 0.6 is 0 Å². The topological polar surface area (TPSA) is 124 Å². The standard InChI is InChI=1S/C19H16N4O4S2/c1-13-7-9-15(10-8-13)29(26,27)17-12-22-23-18(20)16(11-21-19(17)23)28(24,25)14-5-3-2-4-6-14/h2-12H,20H2,1H3. The fraction of sp³-hybridized carbons (Fsp3) is 0.0526. The minimum Gasteiger partial charge on any atom is -0.382 e. The van der Waals surface area contributed by atoms with Crippen molar-refractivity contribution < 1.29 is 16.8 Å². The highest BCUT2D eigenvalue weighted by Crippen LogP contribution is 2.29. The summed E-state index contributed by atoms with van der Waals surface area (Å²) >= 11 is 0. The van der Waals surface area contributed by atoms with Gasteiger partial charge in [0.2, 0.25) is 19.7 Å². The van der Waals surface area contributed by atoms with Crippen molar-refractivity contribution in [2.45, 2.75) is 26.5 Å². The van der Waals surface area contributed by atoms with Crippen LogP contribution in [0.2, 0.25) is 0 Å². The zero-order valence-corrected chi connectivity index (χ0v) is 16.9. The largest absolute Gasteiger partial charge is 0.382 e. The van der Waals surface area contributed by atoms with Gasteiger partial charge in [0.15, 0.2) is 5.65 Å². The summed E-state index contributed by atoms with van der Waals surface area (Å²) in [6.07, 6.45) is 2.18. The second-order valence-electron chi connectivity index (χ2n) is 6.38. The zero-order valence-electron chi connectivity index (χ0n) is 15.2. The normalized spacial score (nSPS) is 12.3. The Hall–Kier alpha value is -3.24. The molecule has 0 atom stereocenters. The lowest BCUT2D eigenvalue weighted by Gasteiger charge is -2.09. The molecule has 0 fully saturated rings. The van der Waals surface area contributed by atoms with Crippen molar-refractivity contribution in [1.82, 2.24) is 14.6 Å². The molecule has 148 valence electrons. The molecule has 2 heterocycles. The van der Waals surface area contributed by atoms with Crippen LogP contribution < -0.4 is 5.73 Å². The van der Waals surface area contributed by atoms with Crippen LogP contribution in [0.4, 0.5) is 5.82 Å². The maximum Gasteiger partial charge on any atom is 0.211 e. The lowest BCUT2D eigenvalue weighted by atomic mass is 10.2. The van der Waals surface area contributed by atoms with Crippen molar-refractivity contribution in [3.63, 3.8) is 0 Å². The molecule has 0 amide bonds. The first-order valence-electron chi connectivity index (χ1n) is 8.47. The number of fused-ring (bicyclic) bond motifs is 1. The quantitative estimate of drug-likeness (QED) is 0.529. The molecule has 0 aliphatic rings. The lowest BCUT2D eigenvalue weighted by Crippen LogP contribution is -2.11. The molecule has 0 spiro atoms. The lowest BCUT2D eigenvalue weighted by molar-refractivity contribution is 0.595. The highest BCUT2D eigenvalue weighted by Gasteiger charge is 2.28. The summed E-state index contributed by atoms with van der Waals surface area (Å²) < 4.78 is 52.7. The second kappa shape index (κ2) is 6.68. The number of rotatable bonds is 4. The van der Waals surface area contributed by atoms with Crippen molar-refractivity contribution in [3.8, 4) is 0 Å². The molecule has 0 bridgehead atoms. The van der Waals surface area contributed by atoms with Crippen LogP contribution in [0.3, 0.4) is 0 Å². The smallest absolute Gasteiger partial charge is 0.211 e. The minimum atomic E-state index is -3.94. The molecule has 0 aliphatic heterocycles. The second-order valence-corrected chi connectivity index (χ2v) is 10.2. The number of nitrogens with two attached hydrogens (primary N) is 1. The van der Waals surface area contributed by atoms with Gasteiger partial charge < -0.3 is 5.73 Å². The van der Waals surface area contributed by atoms with Gasteiger partial charge in [-0.15, -0.1) is 0 Å². The predicted molar refractivity (Wildman–Crippen MR) is 106 cm³/mol. The molecule has 29 heavy (non-hydrogen) atoms. The average Bonchev–Trinajstić information content (AvgIpc) is 3.15. The van der Waals surface area contributed by atoms with E-state index in [2.05, 4.69) is 10.1 Å². The fourth-order valence-electron chi connectivity index (χ4n) is 2.88. The number of nitrogens with zero attached hydrogens (tertiary/aromatic N) is 3. The van der Waals surface area contributed by atoms with E-state index in [-0.39, 0.29) is 31.0 Å². The highest BCUT2D eigenvalue weighted by atomic mass is 32.2. The van der Waals surface area contributed by atoms with E-state index in [1.165, 1.54) is 24.3 Å². The van der Waals surface area contributed by atoms with Crippen LogP contribution in [-0.4, -0.2) is 31.4 Å². The Morgan fingerprint density at radius 1 is 0.793 bits per heavy atom. The van der Waals surface area contributed by atoms with Crippen molar-refractivity contribution in [3.05, 3.63) is 72.6 Å². The summed E-state index contributed by atoms with van der Waals surface area (Å²) in [7, 11) is -7.85. The van der Waals surface area contributed by atoms with Crippen molar-refractivity contribution in [2.75, 3.05) is 5.73 Å². The van der Waals surface area contributed by atoms with E-state index in [1.807, 2.05) is 6.92 Å². The van der Waals surface area contributed by atoms with E-state index in [1.54, 1.807) is 30.3 Å². The van der Waals surface area contributed by atoms with Crippen molar-refractivity contribution in [1.29, 1.82) is 0 Å². The van der Waals surface area contributed by atoms with Crippen LogP contribution in [0, 0.1) is 6.92 Å². The third-order valence-corrected chi connectivity index (χ3v) is 8.01. The molecular formula is C19H16N4O4S2. The van der Waals surface area contributed by atoms with E-state index in [4.69, 9.17) is 5.73 Å². The first kappa shape index (κ1) is 19.1. The number of hydrogen-bond acceptors (Lipinski definition) is 7. The Morgan fingerprint density at radius 3 is 2.03 bits per heavy atom. The van der Waals surface area contributed by atoms with Gasteiger partial charge >= 0.3 is 0 Å². The Morgan fingerprint density at radius 2 is 1.38 bits per heavy atom. The third kappa shape index (κ3) is 3.06. The van der Waals surface area contributed by atoms with Gasteiger partial charge in [0.1, 0.15) is 15.6 Å². The van der Waals surface area contributed by atoms with Gasteiger partial charge in [0, 0.05) is 0 Å². The Balaban J connectivity index is 1.88. The first-order chi connectivity index (χ1) is 13.7. The van der Waals surface area contributed by atoms with E-state index in [9.17, 15) is 16.8 Å². The van der Waals surface area contributed by atoms with E-state index >= 15 is 0 Å². The summed E-state index contributed by atoms with van der Waals surface area (Å²) in [6.45, 7) is 1.85. The molecule has 2 N–H and O–H groups in total. The summed E-state index contributed by atoms with van der Waals surface area (Å²) in [4.78, 5) is 3.79. The van der Waals surface area contributed by atoms with Crippen LogP contribution in [0.5, 0.6) is 0 Å². The van der Waals surface area contributed by atoms with Crippen LogP contribution in [-0.2, 0) is 19.7 Å². The molecule has 4 aromatic rings. The van der Waals surface area contributed by atoms with Crippen molar-refractivity contribution >= 4 is 31.1 Å². The molecule has 0 radical (unpaired) electrons. The number of aromatic nitrogens is 3. The predicted octanol–water partition coefficient (Wildman–Crippen LogP) is 2.29. The molecule has 0 saturated heterocycles. The van der Waals surface area contributed by atoms with Crippen LogP contribution in [0.25, 0.3) is 5.65 Å². The molecule has 4 rings (SSSR count). The molecule has 8 nitrogen and oxygen atoms in total. The molecule has 0 unspecified atom stereocenters. The molecule has 10 heteroatoms. The molecular weight excluding hydrogens is 412 g/mol. The molecule has 0 aliphatic carbocycles. The van der Waals surface area contributed by atoms with E-state index in [0.717, 1.165) is 22.5 Å². The van der Waals surface area contributed by atoms with Crippen molar-refractivity contribution in [2.24, 2.45) is 0 Å². The van der Waals surface area contributed by atoms with Crippen LogP contribution in [0.15, 0.2) is 86.6 Å². The van der Waals surface area contributed by atoms with Gasteiger partial charge in [-0.2, -0.15) is 9.61 Å². The van der Waals surface area contributed by atoms with E-state index in [0.29, 0.717) is 0 Å². The maximum atomic E-state index is 13.0. The van der Waals surface area contributed by atoms with Gasteiger partial charge in [-0.05, 0) is 31.2 Å². The minimum absolute atomic E-state index is 0.0462. The molecule has 2 aromatic carbocycles. The Kier molecular flexibility index (Phi) is 4.39. The van der Waals surface area contributed by atoms with Gasteiger partial charge in [-0.1, -0.05) is 35.9 Å². The van der Waals surface area contributed by atoms with Gasteiger partial charge in [0.25, 0.3) is 0 Å². The summed E-state index contributed by atoms with van der Waals surface area (Å²) in [5.41, 5.74) is 6.92. The molecule has 0 saturated carbocycles. The van der Waals surface area contributed by atoms with Crippen LogP contribution in [0.1, 0.15) is 5.56 Å². The molecule has 2 aromatic heterocycles. The fourth-order valence-corrected chi connectivity index (χ4v) is 5.52. The monoisotopic (exact) mass is 428 g/mol. The number of aryl methyl sites for hydroxylation is 1. The van der Waals surface area contributed by atoms with Gasteiger partial charge in [-0.25, -0.2) is 21.8 Å². The summed E-state index contributed by atoms with van der Waals surface area (Å²) in [5.74, 6) is -0.218. The number of hydrogen-bond donors (Lipinski definition) is 1. The van der Waals surface area contributed by atoms with E-state index < -0.39 is 19.7 Å². The number of sulfone groups is 2. The van der Waals surface area contributed by atoms with Gasteiger partial charge in [0.05, 0.1) is 22.2 Å². The number of anilines is 1. The summed E-state index contributed by atoms with van der Waals surface area (Å²) in [6, 6.07) is 14.1. The Bertz CT molecular complexity index is 1430. The number of nitrogen functional groups attached to an aromatic ring is 1. The first-order valence-corrected chi connectivity index (χ1v) is 11.4. The summed E-state index contributed by atoms with van der Waals surface area (Å²) in [5, 5.41) is 3.98. The Labute approximate surface area is 167 Å². The van der Waals surface area contributed by atoms with Gasteiger partial charge in [-0.3, -0.25) is 0 Å². The maximum absolute atomic E-state index is 13.0. The highest BCUT2D eigenvalue weighted by molar-refractivity contribution is 7.92. The average molecular weight is 428 g/mol. The third-order valence-electron chi connectivity index (χ3n) is 4.46. The number of benzene rings is 2.